The molecule has 2 aromatic heterocycles. The Balaban J connectivity index is 2.10. The minimum Gasteiger partial charge on any atom is -0.489 e. The van der Waals surface area contributed by atoms with Gasteiger partial charge in [0.05, 0.1) is 26.2 Å². The first kappa shape index (κ1) is 12.2. The second-order valence-corrected chi connectivity index (χ2v) is 3.54. The van der Waals surface area contributed by atoms with E-state index in [-0.39, 0.29) is 11.3 Å². The number of oxazole rings is 1. The summed E-state index contributed by atoms with van der Waals surface area (Å²) < 4.78 is 10.4. The van der Waals surface area contributed by atoms with Gasteiger partial charge in [-0.2, -0.15) is 0 Å². The average Bonchev–Trinajstić information content (AvgIpc) is 2.84. The zero-order chi connectivity index (χ0) is 13.0. The van der Waals surface area contributed by atoms with E-state index in [1.54, 1.807) is 6.20 Å². The van der Waals surface area contributed by atoms with E-state index in [0.29, 0.717) is 18.3 Å². The number of H-pyrrole nitrogens is 1. The molecule has 2 heterocycles. The highest BCUT2D eigenvalue weighted by atomic mass is 16.5. The Labute approximate surface area is 103 Å². The molecular weight excluding hydrogens is 236 g/mol. The van der Waals surface area contributed by atoms with Crippen molar-refractivity contribution in [3.8, 4) is 5.75 Å². The van der Waals surface area contributed by atoms with Crippen LogP contribution in [-0.4, -0.2) is 22.1 Å². The third kappa shape index (κ3) is 2.50. The van der Waals surface area contributed by atoms with Gasteiger partial charge in [-0.05, 0) is 0 Å². The Kier molecular flexibility index (Phi) is 3.61. The number of hydrogen-bond acceptors (Lipinski definition) is 6. The van der Waals surface area contributed by atoms with Crippen LogP contribution in [0.5, 0.6) is 5.75 Å². The van der Waals surface area contributed by atoms with E-state index in [1.165, 1.54) is 13.4 Å². The summed E-state index contributed by atoms with van der Waals surface area (Å²) in [6, 6.07) is 0. The number of aromatic amines is 1. The topological polar surface area (TPSA) is 93.0 Å². The fraction of sp³-hybridized carbons (Fsp3) is 0.364. The molecule has 0 amide bonds. The Morgan fingerprint density at radius 1 is 1.50 bits per heavy atom. The van der Waals surface area contributed by atoms with Crippen molar-refractivity contribution in [2.45, 2.75) is 19.9 Å². The Hall–Kier alpha value is -2.31. The fourth-order valence-corrected chi connectivity index (χ4v) is 1.45. The quantitative estimate of drug-likeness (QED) is 0.820. The molecule has 7 nitrogen and oxygen atoms in total. The number of ether oxygens (including phenoxy) is 1. The van der Waals surface area contributed by atoms with Crippen molar-refractivity contribution in [2.75, 3.05) is 12.4 Å². The fourth-order valence-electron chi connectivity index (χ4n) is 1.45. The lowest BCUT2D eigenvalue weighted by Gasteiger charge is -2.06. The van der Waals surface area contributed by atoms with Crippen molar-refractivity contribution in [3.05, 3.63) is 34.5 Å². The number of nitrogens with one attached hydrogen (secondary N) is 2. The number of hydrogen-bond donors (Lipinski definition) is 2. The second-order valence-electron chi connectivity index (χ2n) is 3.54. The Morgan fingerprint density at radius 2 is 2.33 bits per heavy atom. The van der Waals surface area contributed by atoms with Crippen LogP contribution >= 0.6 is 0 Å². The van der Waals surface area contributed by atoms with Gasteiger partial charge in [0.15, 0.2) is 5.82 Å². The first-order valence-electron chi connectivity index (χ1n) is 5.53. The highest BCUT2D eigenvalue weighted by Crippen LogP contribution is 2.15. The number of anilines is 1. The zero-order valence-corrected chi connectivity index (χ0v) is 10.2. The summed E-state index contributed by atoms with van der Waals surface area (Å²) in [6.45, 7) is 2.33. The van der Waals surface area contributed by atoms with Crippen LogP contribution in [0.1, 0.15) is 18.6 Å². The molecule has 0 radical (unpaired) electrons. The second kappa shape index (κ2) is 5.35. The van der Waals surface area contributed by atoms with Crippen LogP contribution in [0.4, 0.5) is 5.82 Å². The minimum absolute atomic E-state index is 0.139. The summed E-state index contributed by atoms with van der Waals surface area (Å²) in [5.41, 5.74) is -0.336. The smallest absolute Gasteiger partial charge is 0.295 e. The monoisotopic (exact) mass is 250 g/mol. The Bertz CT molecular complexity index is 576. The zero-order valence-electron chi connectivity index (χ0n) is 10.2. The van der Waals surface area contributed by atoms with Crippen LogP contribution in [0, 0.1) is 0 Å². The highest BCUT2D eigenvalue weighted by molar-refractivity contribution is 5.47. The molecule has 0 spiro atoms. The van der Waals surface area contributed by atoms with E-state index in [9.17, 15) is 4.79 Å². The molecule has 2 aromatic rings. The van der Waals surface area contributed by atoms with Crippen molar-refractivity contribution < 1.29 is 9.15 Å². The van der Waals surface area contributed by atoms with Gasteiger partial charge in [-0.1, -0.05) is 6.92 Å². The van der Waals surface area contributed by atoms with Crippen LogP contribution < -0.4 is 15.6 Å². The first-order valence-corrected chi connectivity index (χ1v) is 5.53. The van der Waals surface area contributed by atoms with Crippen molar-refractivity contribution in [2.24, 2.45) is 0 Å². The third-order valence-corrected chi connectivity index (χ3v) is 2.37. The van der Waals surface area contributed by atoms with Crippen molar-refractivity contribution >= 4 is 5.82 Å². The van der Waals surface area contributed by atoms with E-state index in [4.69, 9.17) is 9.15 Å². The number of nitrogens with zero attached hydrogens (tertiary/aromatic N) is 2. The molecule has 2 N–H and O–H groups in total. The van der Waals surface area contributed by atoms with E-state index < -0.39 is 0 Å². The predicted molar refractivity (Wildman–Crippen MR) is 64.6 cm³/mol. The summed E-state index contributed by atoms with van der Waals surface area (Å²) in [7, 11) is 1.41. The summed E-state index contributed by atoms with van der Waals surface area (Å²) in [6.07, 6.45) is 3.78. The lowest BCUT2D eigenvalue weighted by atomic mass is 10.4. The molecule has 0 aliphatic heterocycles. The molecule has 0 saturated heterocycles. The summed E-state index contributed by atoms with van der Waals surface area (Å²) in [5, 5.41) is 2.95. The van der Waals surface area contributed by atoms with E-state index >= 15 is 0 Å². The summed E-state index contributed by atoms with van der Waals surface area (Å²) in [4.78, 5) is 22.0. The molecule has 7 heteroatoms. The molecule has 0 aliphatic carbocycles. The largest absolute Gasteiger partial charge is 0.489 e. The van der Waals surface area contributed by atoms with Crippen LogP contribution in [0.2, 0.25) is 0 Å². The van der Waals surface area contributed by atoms with Crippen molar-refractivity contribution in [1.82, 2.24) is 15.0 Å². The van der Waals surface area contributed by atoms with Gasteiger partial charge in [0.2, 0.25) is 11.6 Å². The minimum atomic E-state index is -0.336. The molecule has 0 aliphatic rings. The van der Waals surface area contributed by atoms with Crippen molar-refractivity contribution in [1.29, 1.82) is 0 Å². The van der Waals surface area contributed by atoms with Gasteiger partial charge in [0, 0.05) is 6.42 Å². The predicted octanol–water partition coefficient (Wildman–Crippen LogP) is 0.941. The van der Waals surface area contributed by atoms with Gasteiger partial charge >= 0.3 is 0 Å². The third-order valence-electron chi connectivity index (χ3n) is 2.37. The number of rotatable bonds is 5. The molecule has 0 saturated carbocycles. The van der Waals surface area contributed by atoms with Crippen LogP contribution in [0.15, 0.2) is 21.7 Å². The standard InChI is InChI=1S/C11H14N4O3/c1-3-7-4-12-8(18-7)5-13-10-9(17-2)11(16)15-6-14-10/h4,6H,3,5H2,1-2H3,(H2,13,14,15,16). The van der Waals surface area contributed by atoms with Gasteiger partial charge in [-0.25, -0.2) is 9.97 Å². The lowest BCUT2D eigenvalue weighted by Crippen LogP contribution is -2.14. The maximum atomic E-state index is 11.4. The molecule has 0 aromatic carbocycles. The maximum absolute atomic E-state index is 11.4. The van der Waals surface area contributed by atoms with Crippen LogP contribution in [-0.2, 0) is 13.0 Å². The lowest BCUT2D eigenvalue weighted by molar-refractivity contribution is 0.407. The number of aryl methyl sites for hydroxylation is 1. The van der Waals surface area contributed by atoms with E-state index in [2.05, 4.69) is 20.3 Å². The molecule has 2 rings (SSSR count). The molecule has 0 bridgehead atoms. The Morgan fingerprint density at radius 3 is 3.00 bits per heavy atom. The molecule has 0 atom stereocenters. The summed E-state index contributed by atoms with van der Waals surface area (Å²) in [5.74, 6) is 1.85. The molecule has 0 fully saturated rings. The summed E-state index contributed by atoms with van der Waals surface area (Å²) >= 11 is 0. The number of aromatic nitrogens is 3. The SMILES string of the molecule is CCc1cnc(CNc2nc[nH]c(=O)c2OC)o1. The van der Waals surface area contributed by atoms with Crippen molar-refractivity contribution in [3.63, 3.8) is 0 Å². The highest BCUT2D eigenvalue weighted by Gasteiger charge is 2.09. The molecule has 0 unspecified atom stereocenters. The first-order chi connectivity index (χ1) is 8.74. The number of methoxy groups -OCH3 is 1. The maximum Gasteiger partial charge on any atom is 0.295 e. The molecule has 96 valence electrons. The van der Waals surface area contributed by atoms with Gasteiger partial charge < -0.3 is 19.5 Å². The van der Waals surface area contributed by atoms with Gasteiger partial charge in [0.1, 0.15) is 5.76 Å². The van der Waals surface area contributed by atoms with E-state index in [1.807, 2.05) is 6.92 Å². The van der Waals surface area contributed by atoms with Gasteiger partial charge in [-0.15, -0.1) is 0 Å². The molecular formula is C11H14N4O3. The van der Waals surface area contributed by atoms with E-state index in [0.717, 1.165) is 12.2 Å². The molecule has 18 heavy (non-hydrogen) atoms. The normalized spacial score (nSPS) is 10.3. The van der Waals surface area contributed by atoms with Crippen LogP contribution in [0.3, 0.4) is 0 Å². The van der Waals surface area contributed by atoms with Crippen LogP contribution in [0.25, 0.3) is 0 Å². The average molecular weight is 250 g/mol. The van der Waals surface area contributed by atoms with Gasteiger partial charge in [-0.3, -0.25) is 4.79 Å². The van der Waals surface area contributed by atoms with Gasteiger partial charge in [0.25, 0.3) is 5.56 Å².